The molecule has 0 amide bonds. The summed E-state index contributed by atoms with van der Waals surface area (Å²) in [4.78, 5) is 7.78. The van der Waals surface area contributed by atoms with Crippen molar-refractivity contribution < 1.29 is 4.84 Å². The second kappa shape index (κ2) is 5.57. The summed E-state index contributed by atoms with van der Waals surface area (Å²) in [6, 6.07) is 10.1. The number of rotatable bonds is 1. The first-order chi connectivity index (χ1) is 9.68. The Hall–Kier alpha value is -1.73. The van der Waals surface area contributed by atoms with Crippen LogP contribution in [0.15, 0.2) is 35.5 Å². The minimum atomic E-state index is -1.43. The molecular weight excluding hydrogens is 276 g/mol. The van der Waals surface area contributed by atoms with E-state index in [1.807, 2.05) is 18.2 Å². The molecule has 0 aliphatic carbocycles. The van der Waals surface area contributed by atoms with Crippen molar-refractivity contribution in [3.63, 3.8) is 0 Å². The van der Waals surface area contributed by atoms with E-state index in [1.54, 1.807) is 0 Å². The third-order valence-electron chi connectivity index (χ3n) is 3.03. The van der Waals surface area contributed by atoms with Gasteiger partial charge in [0.25, 0.3) is 6.23 Å². The SMILES string of the molecule is CC(C)(C)N1C(c2ccccc2)=NO[C@H]1C#C[Si](C)(C)C. The molecule has 0 aromatic heterocycles. The molecule has 1 aliphatic heterocycles. The van der Waals surface area contributed by atoms with E-state index >= 15 is 0 Å². The predicted molar refractivity (Wildman–Crippen MR) is 90.6 cm³/mol. The van der Waals surface area contributed by atoms with Crippen molar-refractivity contribution in [1.82, 2.24) is 4.90 Å². The molecule has 0 radical (unpaired) electrons. The van der Waals surface area contributed by atoms with E-state index in [2.05, 4.69) is 74.1 Å². The van der Waals surface area contributed by atoms with Crippen LogP contribution in [0.2, 0.25) is 19.6 Å². The minimum absolute atomic E-state index is 0.107. The van der Waals surface area contributed by atoms with E-state index < -0.39 is 8.07 Å². The first kappa shape index (κ1) is 15.7. The molecule has 3 nitrogen and oxygen atoms in total. The van der Waals surface area contributed by atoms with Gasteiger partial charge in [-0.2, -0.15) is 0 Å². The molecule has 0 spiro atoms. The number of oxime groups is 1. The van der Waals surface area contributed by atoms with E-state index in [0.717, 1.165) is 11.4 Å². The smallest absolute Gasteiger partial charge is 0.263 e. The quantitative estimate of drug-likeness (QED) is 0.584. The third-order valence-corrected chi connectivity index (χ3v) is 3.92. The second-order valence-electron chi connectivity index (χ2n) is 7.30. The van der Waals surface area contributed by atoms with E-state index in [0.29, 0.717) is 0 Å². The van der Waals surface area contributed by atoms with Crippen LogP contribution in [0, 0.1) is 11.5 Å². The van der Waals surface area contributed by atoms with E-state index in [9.17, 15) is 0 Å². The number of nitrogens with zero attached hydrogens (tertiary/aromatic N) is 2. The van der Waals surface area contributed by atoms with Crippen molar-refractivity contribution in [1.29, 1.82) is 0 Å². The molecule has 1 heterocycles. The molecule has 0 fully saturated rings. The van der Waals surface area contributed by atoms with Gasteiger partial charge >= 0.3 is 0 Å². The molecule has 1 aromatic carbocycles. The maximum atomic E-state index is 5.62. The first-order valence-electron chi connectivity index (χ1n) is 7.30. The third kappa shape index (κ3) is 3.89. The molecule has 4 heteroatoms. The van der Waals surface area contributed by atoms with Crippen LogP contribution in [-0.4, -0.2) is 30.6 Å². The zero-order valence-electron chi connectivity index (χ0n) is 13.8. The summed E-state index contributed by atoms with van der Waals surface area (Å²) in [5, 5.41) is 4.29. The fourth-order valence-corrected chi connectivity index (χ4v) is 2.68. The fraction of sp³-hybridized carbons (Fsp3) is 0.471. The lowest BCUT2D eigenvalue weighted by atomic mass is 10.0. The van der Waals surface area contributed by atoms with Gasteiger partial charge in [0, 0.05) is 11.1 Å². The van der Waals surface area contributed by atoms with Gasteiger partial charge in [0.15, 0.2) is 5.84 Å². The summed E-state index contributed by atoms with van der Waals surface area (Å²) in [7, 11) is -1.43. The van der Waals surface area contributed by atoms with Crippen molar-refractivity contribution in [2.24, 2.45) is 5.16 Å². The maximum Gasteiger partial charge on any atom is 0.263 e. The summed E-state index contributed by atoms with van der Waals surface area (Å²) in [5.41, 5.74) is 4.34. The van der Waals surface area contributed by atoms with E-state index in [4.69, 9.17) is 4.84 Å². The molecule has 1 aliphatic rings. The van der Waals surface area contributed by atoms with Crippen molar-refractivity contribution in [2.45, 2.75) is 52.2 Å². The van der Waals surface area contributed by atoms with Crippen LogP contribution in [-0.2, 0) is 4.84 Å². The Labute approximate surface area is 129 Å². The van der Waals surface area contributed by atoms with Crippen molar-refractivity contribution in [3.8, 4) is 11.5 Å². The number of hydrogen-bond donors (Lipinski definition) is 0. The van der Waals surface area contributed by atoms with Gasteiger partial charge in [0.05, 0.1) is 0 Å². The highest BCUT2D eigenvalue weighted by Crippen LogP contribution is 2.26. The van der Waals surface area contributed by atoms with Gasteiger partial charge in [-0.1, -0.05) is 55.1 Å². The highest BCUT2D eigenvalue weighted by molar-refractivity contribution is 6.83. The fourth-order valence-electron chi connectivity index (χ4n) is 2.12. The summed E-state index contributed by atoms with van der Waals surface area (Å²) < 4.78 is 0. The van der Waals surface area contributed by atoms with Crippen LogP contribution in [0.5, 0.6) is 0 Å². The van der Waals surface area contributed by atoms with Gasteiger partial charge in [0.2, 0.25) is 0 Å². The largest absolute Gasteiger partial charge is 0.355 e. The Morgan fingerprint density at radius 3 is 2.29 bits per heavy atom. The Kier molecular flexibility index (Phi) is 4.15. The minimum Gasteiger partial charge on any atom is -0.355 e. The van der Waals surface area contributed by atoms with Crippen molar-refractivity contribution in [3.05, 3.63) is 35.9 Å². The van der Waals surface area contributed by atoms with Crippen LogP contribution in [0.3, 0.4) is 0 Å². The lowest BCUT2D eigenvalue weighted by Crippen LogP contribution is -2.48. The van der Waals surface area contributed by atoms with Crippen LogP contribution >= 0.6 is 0 Å². The van der Waals surface area contributed by atoms with Crippen molar-refractivity contribution >= 4 is 13.9 Å². The number of amidine groups is 1. The molecule has 1 aromatic rings. The summed E-state index contributed by atoms with van der Waals surface area (Å²) in [6.45, 7) is 13.2. The van der Waals surface area contributed by atoms with Crippen LogP contribution < -0.4 is 0 Å². The highest BCUT2D eigenvalue weighted by atomic mass is 28.3. The van der Waals surface area contributed by atoms with E-state index in [-0.39, 0.29) is 11.8 Å². The lowest BCUT2D eigenvalue weighted by Gasteiger charge is -2.35. The standard InChI is InChI=1S/C17H24N2OSi/c1-17(2,3)19-15(12-13-21(4,5)6)20-18-16(19)14-10-8-7-9-11-14/h7-11,15H,1-6H3/t15-/m0/s1. The molecular formula is C17H24N2OSi. The molecule has 2 rings (SSSR count). The summed E-state index contributed by atoms with van der Waals surface area (Å²) >= 11 is 0. The van der Waals surface area contributed by atoms with Crippen molar-refractivity contribution in [2.75, 3.05) is 0 Å². The van der Waals surface area contributed by atoms with Gasteiger partial charge in [-0.3, -0.25) is 0 Å². The molecule has 21 heavy (non-hydrogen) atoms. The van der Waals surface area contributed by atoms with Crippen LogP contribution in [0.25, 0.3) is 0 Å². The topological polar surface area (TPSA) is 24.8 Å². The van der Waals surface area contributed by atoms with Gasteiger partial charge in [-0.05, 0) is 26.7 Å². The summed E-state index contributed by atoms with van der Waals surface area (Å²) in [6.07, 6.45) is -0.299. The first-order valence-corrected chi connectivity index (χ1v) is 10.8. The zero-order chi connectivity index (χ0) is 15.7. The average Bonchev–Trinajstić information content (AvgIpc) is 2.80. The molecule has 0 saturated heterocycles. The van der Waals surface area contributed by atoms with Gasteiger partial charge < -0.3 is 9.74 Å². The molecule has 112 valence electrons. The lowest BCUT2D eigenvalue weighted by molar-refractivity contribution is 0.0192. The van der Waals surface area contributed by atoms with Gasteiger partial charge in [0.1, 0.15) is 8.07 Å². The molecule has 0 unspecified atom stereocenters. The average molecular weight is 300 g/mol. The van der Waals surface area contributed by atoms with E-state index in [1.165, 1.54) is 0 Å². The predicted octanol–water partition coefficient (Wildman–Crippen LogP) is 3.69. The zero-order valence-corrected chi connectivity index (χ0v) is 14.8. The van der Waals surface area contributed by atoms with Gasteiger partial charge in [-0.25, -0.2) is 0 Å². The molecule has 0 bridgehead atoms. The molecule has 0 N–H and O–H groups in total. The molecule has 0 saturated carbocycles. The van der Waals surface area contributed by atoms with Gasteiger partial charge in [-0.15, -0.1) is 5.54 Å². The van der Waals surface area contributed by atoms with Crippen LogP contribution in [0.4, 0.5) is 0 Å². The monoisotopic (exact) mass is 300 g/mol. The normalized spacial score (nSPS) is 18.7. The van der Waals surface area contributed by atoms with Crippen LogP contribution in [0.1, 0.15) is 26.3 Å². The Balaban J connectivity index is 2.34. The highest BCUT2D eigenvalue weighted by Gasteiger charge is 2.37. The maximum absolute atomic E-state index is 5.62. The Morgan fingerprint density at radius 2 is 1.76 bits per heavy atom. The number of benzene rings is 1. The Bertz CT molecular complexity index is 585. The second-order valence-corrected chi connectivity index (χ2v) is 12.0. The molecule has 1 atom stereocenters. The Morgan fingerprint density at radius 1 is 1.14 bits per heavy atom. The number of hydrogen-bond acceptors (Lipinski definition) is 3. The summed E-state index contributed by atoms with van der Waals surface area (Å²) in [5.74, 6) is 4.14.